The number of nitrogens with zero attached hydrogens (tertiary/aromatic N) is 1. The van der Waals surface area contributed by atoms with Crippen molar-refractivity contribution in [3.8, 4) is 0 Å². The molecule has 0 aliphatic heterocycles. The number of amides is 1. The van der Waals surface area contributed by atoms with Crippen LogP contribution in [0.5, 0.6) is 0 Å². The highest BCUT2D eigenvalue weighted by Gasteiger charge is 2.27. The maximum absolute atomic E-state index is 12.2. The fourth-order valence-electron chi connectivity index (χ4n) is 2.64. The van der Waals surface area contributed by atoms with Crippen LogP contribution in [0.25, 0.3) is 0 Å². The lowest BCUT2D eigenvalue weighted by molar-refractivity contribution is 0.0904. The maximum Gasteiger partial charge on any atom is 0.270 e. The monoisotopic (exact) mass is 275 g/mol. The molecule has 0 spiro atoms. The third-order valence-electron chi connectivity index (χ3n) is 4.01. The molecule has 0 atom stereocenters. The van der Waals surface area contributed by atoms with Gasteiger partial charge in [-0.3, -0.25) is 4.79 Å². The van der Waals surface area contributed by atoms with Crippen molar-refractivity contribution in [1.82, 2.24) is 10.3 Å². The van der Waals surface area contributed by atoms with Crippen molar-refractivity contribution in [2.75, 3.05) is 11.9 Å². The second-order valence-corrected chi connectivity index (χ2v) is 6.35. The number of carbonyl (C=O) groups is 1. The summed E-state index contributed by atoms with van der Waals surface area (Å²) >= 11 is 0. The van der Waals surface area contributed by atoms with Crippen molar-refractivity contribution in [2.24, 2.45) is 5.41 Å². The van der Waals surface area contributed by atoms with Crippen LogP contribution in [0, 0.1) is 5.41 Å². The van der Waals surface area contributed by atoms with Crippen LogP contribution >= 0.6 is 0 Å². The van der Waals surface area contributed by atoms with Crippen molar-refractivity contribution in [3.05, 3.63) is 23.9 Å². The molecule has 1 heterocycles. The molecule has 4 heteroatoms. The molecule has 0 saturated heterocycles. The van der Waals surface area contributed by atoms with Gasteiger partial charge in [-0.2, -0.15) is 0 Å². The highest BCUT2D eigenvalue weighted by Crippen LogP contribution is 2.35. The van der Waals surface area contributed by atoms with E-state index in [0.717, 1.165) is 25.2 Å². The van der Waals surface area contributed by atoms with E-state index in [9.17, 15) is 4.79 Å². The van der Waals surface area contributed by atoms with Gasteiger partial charge >= 0.3 is 0 Å². The summed E-state index contributed by atoms with van der Waals surface area (Å²) in [6, 6.07) is 5.80. The average molecular weight is 275 g/mol. The third kappa shape index (κ3) is 3.95. The molecule has 0 unspecified atom stereocenters. The molecule has 0 bridgehead atoms. The number of carbonyl (C=O) groups excluding carboxylic acids is 1. The van der Waals surface area contributed by atoms with Crippen LogP contribution in [0.4, 0.5) is 5.82 Å². The molecule has 2 N–H and O–H groups in total. The lowest BCUT2D eigenvalue weighted by atomic mass is 9.75. The topological polar surface area (TPSA) is 54.0 Å². The lowest BCUT2D eigenvalue weighted by Crippen LogP contribution is -2.39. The van der Waals surface area contributed by atoms with Gasteiger partial charge in [-0.05, 0) is 50.2 Å². The van der Waals surface area contributed by atoms with Gasteiger partial charge in [-0.1, -0.05) is 19.9 Å². The van der Waals surface area contributed by atoms with Crippen molar-refractivity contribution in [3.63, 3.8) is 0 Å². The van der Waals surface area contributed by atoms with Crippen molar-refractivity contribution in [2.45, 2.75) is 52.5 Å². The van der Waals surface area contributed by atoms with Crippen LogP contribution in [0.1, 0.15) is 56.9 Å². The minimum Gasteiger partial charge on any atom is -0.370 e. The van der Waals surface area contributed by atoms with Gasteiger partial charge in [0.2, 0.25) is 0 Å². The summed E-state index contributed by atoms with van der Waals surface area (Å²) in [6.45, 7) is 7.41. The average Bonchev–Trinajstić information content (AvgIpc) is 2.42. The molecule has 2 rings (SSSR count). The number of hydrogen-bond donors (Lipinski definition) is 2. The van der Waals surface area contributed by atoms with E-state index in [2.05, 4.69) is 29.5 Å². The van der Waals surface area contributed by atoms with E-state index in [-0.39, 0.29) is 5.91 Å². The fraction of sp³-hybridized carbons (Fsp3) is 0.625. The van der Waals surface area contributed by atoms with Gasteiger partial charge in [0.25, 0.3) is 5.91 Å². The Kier molecular flexibility index (Phi) is 4.63. The van der Waals surface area contributed by atoms with Crippen molar-refractivity contribution >= 4 is 11.7 Å². The Labute approximate surface area is 121 Å². The SMILES string of the molecule is CCNc1cccc(C(=O)NC2CCC(C)(C)CC2)n1. The number of anilines is 1. The van der Waals surface area contributed by atoms with E-state index >= 15 is 0 Å². The molecule has 0 radical (unpaired) electrons. The normalized spacial score (nSPS) is 18.6. The van der Waals surface area contributed by atoms with Crippen LogP contribution in [-0.2, 0) is 0 Å². The number of nitrogens with one attached hydrogen (secondary N) is 2. The summed E-state index contributed by atoms with van der Waals surface area (Å²) in [7, 11) is 0. The first kappa shape index (κ1) is 14.8. The van der Waals surface area contributed by atoms with Crippen molar-refractivity contribution < 1.29 is 4.79 Å². The van der Waals surface area contributed by atoms with Gasteiger partial charge in [0.05, 0.1) is 0 Å². The Morgan fingerprint density at radius 2 is 2.05 bits per heavy atom. The third-order valence-corrected chi connectivity index (χ3v) is 4.01. The molecule has 1 amide bonds. The van der Waals surface area contributed by atoms with E-state index in [4.69, 9.17) is 0 Å². The zero-order valence-corrected chi connectivity index (χ0v) is 12.7. The van der Waals surface area contributed by atoms with Gasteiger partial charge in [0.1, 0.15) is 11.5 Å². The smallest absolute Gasteiger partial charge is 0.270 e. The molecule has 1 fully saturated rings. The largest absolute Gasteiger partial charge is 0.370 e. The zero-order valence-electron chi connectivity index (χ0n) is 12.7. The highest BCUT2D eigenvalue weighted by atomic mass is 16.1. The Balaban J connectivity index is 1.93. The molecule has 110 valence electrons. The molecule has 1 aromatic rings. The second-order valence-electron chi connectivity index (χ2n) is 6.35. The van der Waals surface area contributed by atoms with Crippen LogP contribution < -0.4 is 10.6 Å². The van der Waals surface area contributed by atoms with Crippen molar-refractivity contribution in [1.29, 1.82) is 0 Å². The predicted octanol–water partition coefficient (Wildman–Crippen LogP) is 3.21. The van der Waals surface area contributed by atoms with E-state index < -0.39 is 0 Å². The first-order chi connectivity index (χ1) is 9.50. The number of pyridine rings is 1. The molecule has 1 aromatic heterocycles. The van der Waals surface area contributed by atoms with E-state index in [1.807, 2.05) is 19.1 Å². The lowest BCUT2D eigenvalue weighted by Gasteiger charge is -2.34. The minimum absolute atomic E-state index is 0.0607. The second kappa shape index (κ2) is 6.25. The van der Waals surface area contributed by atoms with Crippen LogP contribution in [0.3, 0.4) is 0 Å². The minimum atomic E-state index is -0.0607. The first-order valence-corrected chi connectivity index (χ1v) is 7.52. The Morgan fingerprint density at radius 3 is 2.70 bits per heavy atom. The summed E-state index contributed by atoms with van der Waals surface area (Å²) in [5.41, 5.74) is 0.915. The molecule has 4 nitrogen and oxygen atoms in total. The first-order valence-electron chi connectivity index (χ1n) is 7.52. The van der Waals surface area contributed by atoms with Gasteiger partial charge in [0.15, 0.2) is 0 Å². The number of rotatable bonds is 4. The van der Waals surface area contributed by atoms with E-state index in [1.165, 1.54) is 12.8 Å². The molecule has 1 saturated carbocycles. The zero-order chi connectivity index (χ0) is 14.6. The molecule has 0 aromatic carbocycles. The number of hydrogen-bond acceptors (Lipinski definition) is 3. The van der Waals surface area contributed by atoms with Gasteiger partial charge in [-0.25, -0.2) is 4.98 Å². The predicted molar refractivity (Wildman–Crippen MR) is 81.9 cm³/mol. The van der Waals surface area contributed by atoms with Gasteiger partial charge in [0, 0.05) is 12.6 Å². The van der Waals surface area contributed by atoms with Crippen LogP contribution in [0.15, 0.2) is 18.2 Å². The number of aromatic nitrogens is 1. The van der Waals surface area contributed by atoms with E-state index in [1.54, 1.807) is 6.07 Å². The molecular formula is C16H25N3O. The molecule has 1 aliphatic rings. The van der Waals surface area contributed by atoms with Gasteiger partial charge in [-0.15, -0.1) is 0 Å². The Hall–Kier alpha value is -1.58. The fourth-order valence-corrected chi connectivity index (χ4v) is 2.64. The Morgan fingerprint density at radius 1 is 1.35 bits per heavy atom. The quantitative estimate of drug-likeness (QED) is 0.887. The summed E-state index contributed by atoms with van der Waals surface area (Å²) < 4.78 is 0. The maximum atomic E-state index is 12.2. The van der Waals surface area contributed by atoms with Gasteiger partial charge < -0.3 is 10.6 Å². The van der Waals surface area contributed by atoms with Crippen LogP contribution in [0.2, 0.25) is 0 Å². The summed E-state index contributed by atoms with van der Waals surface area (Å²) in [5, 5.41) is 6.24. The summed E-state index contributed by atoms with van der Waals surface area (Å²) in [5.74, 6) is 0.694. The Bertz CT molecular complexity index is 461. The standard InChI is InChI=1S/C16H25N3O/c1-4-17-14-7-5-6-13(19-14)15(20)18-12-8-10-16(2,3)11-9-12/h5-7,12H,4,8-11H2,1-3H3,(H,17,19)(H,18,20). The van der Waals surface area contributed by atoms with Crippen LogP contribution in [-0.4, -0.2) is 23.5 Å². The summed E-state index contributed by atoms with van der Waals surface area (Å²) in [6.07, 6.45) is 4.46. The highest BCUT2D eigenvalue weighted by molar-refractivity contribution is 5.92. The molecule has 1 aliphatic carbocycles. The van der Waals surface area contributed by atoms with E-state index in [0.29, 0.717) is 17.2 Å². The molecular weight excluding hydrogens is 250 g/mol. The molecule has 20 heavy (non-hydrogen) atoms. The summed E-state index contributed by atoms with van der Waals surface area (Å²) in [4.78, 5) is 16.6.